The average molecular weight is 448 g/mol. The minimum Gasteiger partial charge on any atom is -0.378 e. The Morgan fingerprint density at radius 2 is 1.65 bits per heavy atom. The molecule has 2 aromatic rings. The number of hydrogen-bond acceptors (Lipinski definition) is 5. The number of amides is 1. The van der Waals surface area contributed by atoms with Gasteiger partial charge in [-0.05, 0) is 49.2 Å². The fraction of sp³-hybridized carbons (Fsp3) is 0.409. The molecule has 0 radical (unpaired) electrons. The second kappa shape index (κ2) is 9.67. The molecule has 0 aromatic heterocycles. The molecule has 9 heteroatoms. The molecule has 1 saturated heterocycles. The van der Waals surface area contributed by atoms with Crippen LogP contribution >= 0.6 is 0 Å². The number of carbonyl (C=O) groups is 1. The predicted molar refractivity (Wildman–Crippen MR) is 122 cm³/mol. The first-order chi connectivity index (χ1) is 14.7. The second-order valence-electron chi connectivity index (χ2n) is 7.93. The van der Waals surface area contributed by atoms with Crippen LogP contribution in [0.3, 0.4) is 0 Å². The molecule has 3 rings (SSSR count). The van der Waals surface area contributed by atoms with Gasteiger partial charge < -0.3 is 15.0 Å². The number of carbonyl (C=O) groups excluding carboxylic acids is 1. The second-order valence-corrected chi connectivity index (χ2v) is 9.22. The van der Waals surface area contributed by atoms with Gasteiger partial charge in [-0.15, -0.1) is 0 Å². The molecular weight excluding hydrogens is 418 g/mol. The fourth-order valence-corrected chi connectivity index (χ4v) is 4.62. The molecule has 1 amide bonds. The SMILES string of the molecule is Cc1ccc(N(C(C(=O)Nc2ccc(N3CCOCC3)cc2)C(C)C)S(=O)(=O)O)cc1. The van der Waals surface area contributed by atoms with E-state index in [4.69, 9.17) is 4.74 Å². The highest BCUT2D eigenvalue weighted by molar-refractivity contribution is 7.87. The first-order valence-electron chi connectivity index (χ1n) is 10.2. The summed E-state index contributed by atoms with van der Waals surface area (Å²) in [5.74, 6) is -0.914. The molecule has 1 aliphatic rings. The molecule has 31 heavy (non-hydrogen) atoms. The first kappa shape index (κ1) is 23.1. The highest BCUT2D eigenvalue weighted by Gasteiger charge is 2.36. The minimum absolute atomic E-state index is 0.226. The monoisotopic (exact) mass is 447 g/mol. The Labute approximate surface area is 183 Å². The lowest BCUT2D eigenvalue weighted by atomic mass is 10.0. The van der Waals surface area contributed by atoms with E-state index in [0.29, 0.717) is 18.9 Å². The van der Waals surface area contributed by atoms with Crippen molar-refractivity contribution >= 4 is 33.3 Å². The molecular formula is C22H29N3O5S. The number of morpholine rings is 1. The van der Waals surface area contributed by atoms with Gasteiger partial charge in [-0.2, -0.15) is 8.42 Å². The summed E-state index contributed by atoms with van der Waals surface area (Å²) in [7, 11) is -4.68. The van der Waals surface area contributed by atoms with Crippen LogP contribution in [-0.2, 0) is 19.8 Å². The minimum atomic E-state index is -4.68. The van der Waals surface area contributed by atoms with Gasteiger partial charge in [-0.1, -0.05) is 31.5 Å². The van der Waals surface area contributed by atoms with Crippen molar-refractivity contribution in [3.8, 4) is 0 Å². The topological polar surface area (TPSA) is 99.2 Å². The van der Waals surface area contributed by atoms with Gasteiger partial charge >= 0.3 is 10.3 Å². The van der Waals surface area contributed by atoms with Crippen LogP contribution in [0.25, 0.3) is 0 Å². The molecule has 8 nitrogen and oxygen atoms in total. The van der Waals surface area contributed by atoms with Gasteiger partial charge in [0.1, 0.15) is 6.04 Å². The molecule has 168 valence electrons. The van der Waals surface area contributed by atoms with Crippen molar-refractivity contribution < 1.29 is 22.5 Å². The van der Waals surface area contributed by atoms with E-state index in [1.54, 1.807) is 50.2 Å². The van der Waals surface area contributed by atoms with Crippen LogP contribution in [0, 0.1) is 12.8 Å². The van der Waals surface area contributed by atoms with Crippen molar-refractivity contribution in [2.24, 2.45) is 5.92 Å². The van der Waals surface area contributed by atoms with Crippen molar-refractivity contribution in [2.75, 3.05) is 40.8 Å². The zero-order chi connectivity index (χ0) is 22.6. The van der Waals surface area contributed by atoms with Crippen molar-refractivity contribution in [2.45, 2.75) is 26.8 Å². The maximum atomic E-state index is 13.1. The molecule has 0 bridgehead atoms. The summed E-state index contributed by atoms with van der Waals surface area (Å²) < 4.78 is 40.5. The third-order valence-electron chi connectivity index (χ3n) is 5.20. The third kappa shape index (κ3) is 5.75. The molecule has 1 heterocycles. The van der Waals surface area contributed by atoms with Gasteiger partial charge in [0.2, 0.25) is 5.91 Å². The van der Waals surface area contributed by atoms with Gasteiger partial charge in [0, 0.05) is 24.5 Å². The number of nitrogens with one attached hydrogen (secondary N) is 1. The lowest BCUT2D eigenvalue weighted by Gasteiger charge is -2.32. The van der Waals surface area contributed by atoms with Crippen molar-refractivity contribution in [3.05, 3.63) is 54.1 Å². The summed E-state index contributed by atoms with van der Waals surface area (Å²) >= 11 is 0. The molecule has 0 spiro atoms. The van der Waals surface area contributed by atoms with Crippen molar-refractivity contribution in [1.82, 2.24) is 0 Å². The lowest BCUT2D eigenvalue weighted by Crippen LogP contribution is -2.50. The van der Waals surface area contributed by atoms with E-state index in [1.165, 1.54) is 0 Å². The molecule has 1 atom stereocenters. The number of ether oxygens (including phenoxy) is 1. The highest BCUT2D eigenvalue weighted by atomic mass is 32.2. The maximum absolute atomic E-state index is 13.1. The number of anilines is 3. The summed E-state index contributed by atoms with van der Waals surface area (Å²) in [4.78, 5) is 15.3. The quantitative estimate of drug-likeness (QED) is 0.633. The van der Waals surface area contributed by atoms with Crippen LogP contribution < -0.4 is 14.5 Å². The number of nitrogens with zero attached hydrogens (tertiary/aromatic N) is 2. The Bertz CT molecular complexity index is 985. The molecule has 1 unspecified atom stereocenters. The zero-order valence-electron chi connectivity index (χ0n) is 18.0. The van der Waals surface area contributed by atoms with E-state index in [0.717, 1.165) is 28.6 Å². The summed E-state index contributed by atoms with van der Waals surface area (Å²) in [5.41, 5.74) is 2.74. The number of rotatable bonds is 7. The maximum Gasteiger partial charge on any atom is 0.360 e. The van der Waals surface area contributed by atoms with Crippen molar-refractivity contribution in [1.29, 1.82) is 0 Å². The number of aryl methyl sites for hydroxylation is 1. The van der Waals surface area contributed by atoms with Gasteiger partial charge in [-0.25, -0.2) is 4.31 Å². The normalized spacial score (nSPS) is 15.6. The fourth-order valence-electron chi connectivity index (χ4n) is 3.60. The Balaban J connectivity index is 1.82. The Hall–Kier alpha value is -2.62. The molecule has 0 saturated carbocycles. The van der Waals surface area contributed by atoms with E-state index in [1.807, 2.05) is 19.1 Å². The number of benzene rings is 2. The molecule has 2 N–H and O–H groups in total. The summed E-state index contributed by atoms with van der Waals surface area (Å²) in [5, 5.41) is 2.79. The molecule has 0 aliphatic carbocycles. The average Bonchev–Trinajstić information content (AvgIpc) is 2.73. The van der Waals surface area contributed by atoms with Crippen molar-refractivity contribution in [3.63, 3.8) is 0 Å². The van der Waals surface area contributed by atoms with Crippen LogP contribution in [-0.4, -0.2) is 51.2 Å². The van der Waals surface area contributed by atoms with Gasteiger partial charge in [0.15, 0.2) is 0 Å². The van der Waals surface area contributed by atoms with E-state index in [-0.39, 0.29) is 5.69 Å². The predicted octanol–water partition coefficient (Wildman–Crippen LogP) is 3.10. The Morgan fingerprint density at radius 1 is 1.06 bits per heavy atom. The van der Waals surface area contributed by atoms with Gasteiger partial charge in [0.25, 0.3) is 0 Å². The summed E-state index contributed by atoms with van der Waals surface area (Å²) in [6.45, 7) is 8.31. The van der Waals surface area contributed by atoms with Crippen LogP contribution in [0.1, 0.15) is 19.4 Å². The van der Waals surface area contributed by atoms with E-state index < -0.39 is 28.2 Å². The Kier molecular flexibility index (Phi) is 7.19. The smallest absolute Gasteiger partial charge is 0.360 e. The Morgan fingerprint density at radius 3 is 2.16 bits per heavy atom. The standard InChI is InChI=1S/C22H29N3O5S/c1-16(2)21(25(31(27,28)29)20-8-4-17(3)5-9-20)22(26)23-18-6-10-19(11-7-18)24-12-14-30-15-13-24/h4-11,16,21H,12-15H2,1-3H3,(H,23,26)(H,27,28,29). The lowest BCUT2D eigenvalue weighted by molar-refractivity contribution is -0.118. The van der Waals surface area contributed by atoms with Crippen LogP contribution in [0.4, 0.5) is 17.1 Å². The first-order valence-corrected chi connectivity index (χ1v) is 11.6. The summed E-state index contributed by atoms with van der Waals surface area (Å²) in [6.07, 6.45) is 0. The molecule has 2 aromatic carbocycles. The molecule has 1 fully saturated rings. The van der Waals surface area contributed by atoms with E-state index in [2.05, 4.69) is 10.2 Å². The summed E-state index contributed by atoms with van der Waals surface area (Å²) in [6, 6.07) is 12.9. The molecule has 1 aliphatic heterocycles. The third-order valence-corrected chi connectivity index (χ3v) is 6.14. The highest BCUT2D eigenvalue weighted by Crippen LogP contribution is 2.26. The largest absolute Gasteiger partial charge is 0.378 e. The van der Waals surface area contributed by atoms with E-state index >= 15 is 0 Å². The van der Waals surface area contributed by atoms with Crippen LogP contribution in [0.5, 0.6) is 0 Å². The van der Waals surface area contributed by atoms with Gasteiger partial charge in [0.05, 0.1) is 18.9 Å². The number of hydrogen-bond donors (Lipinski definition) is 2. The van der Waals surface area contributed by atoms with Crippen LogP contribution in [0.15, 0.2) is 48.5 Å². The van der Waals surface area contributed by atoms with Gasteiger partial charge in [-0.3, -0.25) is 9.35 Å². The zero-order valence-corrected chi connectivity index (χ0v) is 18.8. The van der Waals surface area contributed by atoms with Crippen LogP contribution in [0.2, 0.25) is 0 Å². The van der Waals surface area contributed by atoms with E-state index in [9.17, 15) is 17.8 Å².